The number of rotatable bonds is 6. The van der Waals surface area contributed by atoms with Crippen molar-refractivity contribution in [2.24, 2.45) is 5.73 Å². The van der Waals surface area contributed by atoms with Gasteiger partial charge >= 0.3 is 0 Å². The molecule has 2 rings (SSSR count). The van der Waals surface area contributed by atoms with Gasteiger partial charge in [-0.05, 0) is 25.0 Å². The van der Waals surface area contributed by atoms with Crippen molar-refractivity contribution in [3.05, 3.63) is 53.6 Å². The van der Waals surface area contributed by atoms with Crippen molar-refractivity contribution in [2.75, 3.05) is 0 Å². The number of hydrogen-bond donors (Lipinski definition) is 1. The second kappa shape index (κ2) is 6.61. The van der Waals surface area contributed by atoms with Gasteiger partial charge in [0, 0.05) is 37.0 Å². The summed E-state index contributed by atoms with van der Waals surface area (Å²) in [6, 6.07) is 3.50. The maximum atomic E-state index is 13.6. The summed E-state index contributed by atoms with van der Waals surface area (Å²) in [5.74, 6) is -0.231. The molecule has 0 saturated carbocycles. The molecule has 1 unspecified atom stereocenters. The van der Waals surface area contributed by atoms with E-state index in [1.807, 2.05) is 10.8 Å². The molecule has 2 N–H and O–H groups in total. The zero-order valence-corrected chi connectivity index (χ0v) is 11.5. The Morgan fingerprint density at radius 1 is 1.25 bits per heavy atom. The van der Waals surface area contributed by atoms with E-state index in [-0.39, 0.29) is 18.0 Å². The van der Waals surface area contributed by atoms with Crippen LogP contribution in [0.25, 0.3) is 0 Å². The number of nitrogens with zero attached hydrogens (tertiary/aromatic N) is 2. The van der Waals surface area contributed by atoms with Crippen LogP contribution >= 0.6 is 0 Å². The topological polar surface area (TPSA) is 43.8 Å². The number of halogens is 2. The van der Waals surface area contributed by atoms with Crippen LogP contribution in [0.2, 0.25) is 0 Å². The Bertz CT molecular complexity index is 546. The van der Waals surface area contributed by atoms with Crippen molar-refractivity contribution in [1.29, 1.82) is 0 Å². The molecule has 2 aromatic rings. The Hall–Kier alpha value is -1.75. The molecule has 0 aliphatic heterocycles. The van der Waals surface area contributed by atoms with Crippen LogP contribution in [0.5, 0.6) is 0 Å². The summed E-state index contributed by atoms with van der Waals surface area (Å²) in [5, 5.41) is 0. The fraction of sp³-hybridized carbons (Fsp3) is 0.400. The summed E-state index contributed by atoms with van der Waals surface area (Å²) in [4.78, 5) is 4.26. The first kappa shape index (κ1) is 14.7. The zero-order chi connectivity index (χ0) is 14.5. The van der Waals surface area contributed by atoms with Gasteiger partial charge in [0.2, 0.25) is 0 Å². The van der Waals surface area contributed by atoms with Crippen molar-refractivity contribution in [3.63, 3.8) is 0 Å². The first-order valence-electron chi connectivity index (χ1n) is 6.80. The van der Waals surface area contributed by atoms with E-state index < -0.39 is 11.6 Å². The van der Waals surface area contributed by atoms with Gasteiger partial charge in [-0.2, -0.15) is 0 Å². The minimum Gasteiger partial charge on any atom is -0.335 e. The third-order valence-corrected chi connectivity index (χ3v) is 3.24. The molecular formula is C15H19F2N3. The van der Waals surface area contributed by atoms with Gasteiger partial charge in [0.05, 0.1) is 0 Å². The lowest BCUT2D eigenvalue weighted by Crippen LogP contribution is -2.28. The molecule has 108 valence electrons. The molecule has 1 aromatic heterocycles. The number of imidazole rings is 1. The molecule has 3 nitrogen and oxygen atoms in total. The summed E-state index contributed by atoms with van der Waals surface area (Å²) in [6.45, 7) is 2.95. The molecule has 1 atom stereocenters. The molecule has 0 saturated heterocycles. The third kappa shape index (κ3) is 3.42. The van der Waals surface area contributed by atoms with Crippen molar-refractivity contribution >= 4 is 0 Å². The fourth-order valence-electron chi connectivity index (χ4n) is 2.27. The van der Waals surface area contributed by atoms with E-state index >= 15 is 0 Å². The van der Waals surface area contributed by atoms with Crippen LogP contribution in [0, 0.1) is 11.6 Å². The largest absolute Gasteiger partial charge is 0.335 e. The monoisotopic (exact) mass is 279 g/mol. The highest BCUT2D eigenvalue weighted by atomic mass is 19.1. The second-order valence-corrected chi connectivity index (χ2v) is 4.91. The lowest BCUT2D eigenvalue weighted by Gasteiger charge is -2.14. The maximum Gasteiger partial charge on any atom is 0.129 e. The number of aryl methyl sites for hydroxylation is 1. The fourth-order valence-corrected chi connectivity index (χ4v) is 2.27. The molecule has 0 spiro atoms. The van der Waals surface area contributed by atoms with Crippen molar-refractivity contribution in [2.45, 2.75) is 38.8 Å². The van der Waals surface area contributed by atoms with Gasteiger partial charge < -0.3 is 10.3 Å². The minimum atomic E-state index is -0.544. The molecule has 1 aromatic carbocycles. The van der Waals surface area contributed by atoms with Gasteiger partial charge in [0.25, 0.3) is 0 Å². The molecule has 0 fully saturated rings. The number of aromatic nitrogens is 2. The van der Waals surface area contributed by atoms with Gasteiger partial charge in [0.1, 0.15) is 17.5 Å². The van der Waals surface area contributed by atoms with Crippen molar-refractivity contribution < 1.29 is 8.78 Å². The Morgan fingerprint density at radius 3 is 2.60 bits per heavy atom. The molecule has 5 heteroatoms. The van der Waals surface area contributed by atoms with Crippen LogP contribution in [0.4, 0.5) is 8.78 Å². The Labute approximate surface area is 117 Å². The smallest absolute Gasteiger partial charge is 0.129 e. The van der Waals surface area contributed by atoms with Gasteiger partial charge in [0.15, 0.2) is 0 Å². The molecule has 1 heterocycles. The number of nitrogens with two attached hydrogens (primary N) is 1. The Morgan fingerprint density at radius 2 is 1.95 bits per heavy atom. The normalized spacial score (nSPS) is 12.6. The predicted molar refractivity (Wildman–Crippen MR) is 74.3 cm³/mol. The molecular weight excluding hydrogens is 260 g/mol. The summed E-state index contributed by atoms with van der Waals surface area (Å²) in [7, 11) is 0. The van der Waals surface area contributed by atoms with Crippen LogP contribution < -0.4 is 5.73 Å². The summed E-state index contributed by atoms with van der Waals surface area (Å²) < 4.78 is 29.2. The van der Waals surface area contributed by atoms with Crippen LogP contribution in [0.15, 0.2) is 30.6 Å². The average molecular weight is 279 g/mol. The van der Waals surface area contributed by atoms with E-state index in [9.17, 15) is 8.78 Å². The first-order chi connectivity index (χ1) is 9.61. The summed E-state index contributed by atoms with van der Waals surface area (Å²) in [6.07, 6.45) is 5.29. The first-order valence-corrected chi connectivity index (χ1v) is 6.80. The average Bonchev–Trinajstić information content (AvgIpc) is 2.82. The Balaban J connectivity index is 2.05. The highest BCUT2D eigenvalue weighted by molar-refractivity contribution is 5.21. The van der Waals surface area contributed by atoms with E-state index in [0.29, 0.717) is 6.42 Å². The highest BCUT2D eigenvalue weighted by Gasteiger charge is 2.15. The standard InChI is InChI=1S/C15H19F2N3/c1-2-7-20-8-6-19-15(20)10-11(18)9-12-13(16)4-3-5-14(12)17/h3-6,8,11H,2,7,9-10,18H2,1H3. The second-order valence-electron chi connectivity index (χ2n) is 4.91. The SMILES string of the molecule is CCCn1ccnc1CC(N)Cc1c(F)cccc1F. The maximum absolute atomic E-state index is 13.6. The molecule has 0 bridgehead atoms. The highest BCUT2D eigenvalue weighted by Crippen LogP contribution is 2.15. The minimum absolute atomic E-state index is 0.0496. The van der Waals surface area contributed by atoms with E-state index in [2.05, 4.69) is 11.9 Å². The summed E-state index contributed by atoms with van der Waals surface area (Å²) >= 11 is 0. The van der Waals surface area contributed by atoms with Gasteiger partial charge in [-0.1, -0.05) is 13.0 Å². The van der Waals surface area contributed by atoms with E-state index in [1.54, 1.807) is 6.20 Å². The molecule has 20 heavy (non-hydrogen) atoms. The lowest BCUT2D eigenvalue weighted by atomic mass is 10.0. The quantitative estimate of drug-likeness (QED) is 0.883. The lowest BCUT2D eigenvalue weighted by molar-refractivity contribution is 0.523. The van der Waals surface area contributed by atoms with Crippen LogP contribution in [0.1, 0.15) is 24.7 Å². The molecule has 0 aliphatic carbocycles. The molecule has 0 aliphatic rings. The van der Waals surface area contributed by atoms with Crippen molar-refractivity contribution in [1.82, 2.24) is 9.55 Å². The molecule has 0 radical (unpaired) electrons. The van der Waals surface area contributed by atoms with E-state index in [0.717, 1.165) is 18.8 Å². The van der Waals surface area contributed by atoms with Crippen molar-refractivity contribution in [3.8, 4) is 0 Å². The van der Waals surface area contributed by atoms with Gasteiger partial charge in [-0.3, -0.25) is 0 Å². The van der Waals surface area contributed by atoms with Crippen LogP contribution in [-0.4, -0.2) is 15.6 Å². The predicted octanol–water partition coefficient (Wildman–Crippen LogP) is 2.68. The third-order valence-electron chi connectivity index (χ3n) is 3.24. The molecule has 0 amide bonds. The number of hydrogen-bond acceptors (Lipinski definition) is 2. The van der Waals surface area contributed by atoms with Gasteiger partial charge in [-0.25, -0.2) is 13.8 Å². The van der Waals surface area contributed by atoms with Crippen LogP contribution in [0.3, 0.4) is 0 Å². The Kier molecular flexibility index (Phi) is 4.84. The van der Waals surface area contributed by atoms with Gasteiger partial charge in [-0.15, -0.1) is 0 Å². The zero-order valence-electron chi connectivity index (χ0n) is 11.5. The number of benzene rings is 1. The van der Waals surface area contributed by atoms with E-state index in [1.165, 1.54) is 18.2 Å². The van der Waals surface area contributed by atoms with E-state index in [4.69, 9.17) is 5.73 Å². The van der Waals surface area contributed by atoms with Crippen LogP contribution in [-0.2, 0) is 19.4 Å². The summed E-state index contributed by atoms with van der Waals surface area (Å²) in [5.41, 5.74) is 6.06.